The first-order valence-electron chi connectivity index (χ1n) is 2.25. The molecule has 0 unspecified atom stereocenters. The third-order valence-electron chi connectivity index (χ3n) is 0.816. The zero-order chi connectivity index (χ0) is 6.85. The molecule has 4 heteroatoms. The quantitative estimate of drug-likeness (QED) is 0.727. The molecule has 0 aliphatic heterocycles. The van der Waals surface area contributed by atoms with Gasteiger partial charge in [0.15, 0.2) is 0 Å². The number of carbonyl (C=O) groups is 1. The van der Waals surface area contributed by atoms with Crippen molar-refractivity contribution in [3.8, 4) is 0 Å². The Balaban J connectivity index is 2.98. The first kappa shape index (κ1) is 7.87. The fourth-order valence-electron chi connectivity index (χ4n) is 0.447. The molecule has 1 aromatic rings. The molecule has 0 fully saturated rings. The van der Waals surface area contributed by atoms with Gasteiger partial charge >= 0.3 is 82.6 Å². The Labute approximate surface area is 81.8 Å². The summed E-state index contributed by atoms with van der Waals surface area (Å²) < 4.78 is 0.893. The average molecular weight is 234 g/mol. The molecule has 1 aromatic heterocycles. The van der Waals surface area contributed by atoms with Crippen LogP contribution in [0.5, 0.6) is 0 Å². The van der Waals surface area contributed by atoms with E-state index in [1.807, 2.05) is 0 Å². The summed E-state index contributed by atoms with van der Waals surface area (Å²) in [6.45, 7) is 0. The number of carbonyl (C=O) groups excluding carboxylic acids is 1. The first-order valence-corrected chi connectivity index (χ1v) is 4.86. The summed E-state index contributed by atoms with van der Waals surface area (Å²) in [5, 5.41) is 0. The summed E-state index contributed by atoms with van der Waals surface area (Å²) in [6, 6.07) is 3.51. The maximum atomic E-state index is 10.7. The van der Waals surface area contributed by atoms with Crippen molar-refractivity contribution in [3.05, 3.63) is 21.3 Å². The van der Waals surface area contributed by atoms with E-state index in [2.05, 4.69) is 0 Å². The van der Waals surface area contributed by atoms with Crippen LogP contribution in [0, 0.1) is 0 Å². The maximum absolute atomic E-state index is 10.7. The number of hydrogen-bond donors (Lipinski definition) is 0. The van der Waals surface area contributed by atoms with Crippen molar-refractivity contribution < 1.29 is 35.7 Å². The van der Waals surface area contributed by atoms with E-state index in [1.165, 1.54) is 11.3 Å². The predicted octanol–water partition coefficient (Wildman–Crippen LogP) is 2.09. The molecule has 0 radical (unpaired) electrons. The fraction of sp³-hybridized carbons (Fsp3) is 0. The van der Waals surface area contributed by atoms with Crippen LogP contribution in [0.1, 0.15) is 9.67 Å². The van der Waals surface area contributed by atoms with Crippen molar-refractivity contribution in [3.63, 3.8) is 0 Å². The Morgan fingerprint density at radius 1 is 1.67 bits per heavy atom. The van der Waals surface area contributed by atoms with Crippen LogP contribution in [-0.2, 0) is 31.0 Å². The third kappa shape index (κ3) is 2.12. The van der Waals surface area contributed by atoms with E-state index in [9.17, 15) is 4.79 Å². The number of rotatable bonds is 1. The molecule has 0 amide bonds. The summed E-state index contributed by atoms with van der Waals surface area (Å²) in [5.74, 6) is 0. The Morgan fingerprint density at radius 2 is 2.33 bits per heavy atom. The van der Waals surface area contributed by atoms with Gasteiger partial charge in [0.2, 0.25) is 0 Å². The van der Waals surface area contributed by atoms with Crippen LogP contribution in [0.4, 0.5) is 0 Å². The van der Waals surface area contributed by atoms with Crippen molar-refractivity contribution in [1.82, 2.24) is 0 Å². The normalized spacial score (nSPS) is 9.33. The van der Waals surface area contributed by atoms with Gasteiger partial charge in [-0.1, -0.05) is 0 Å². The molecular weight excluding hydrogens is 232 g/mol. The van der Waals surface area contributed by atoms with Gasteiger partial charge in [-0.25, -0.2) is 0 Å². The molecule has 0 aliphatic carbocycles. The molecular formula is C5H2ClOSY. The molecule has 0 spiro atoms. The van der Waals surface area contributed by atoms with E-state index >= 15 is 0 Å². The summed E-state index contributed by atoms with van der Waals surface area (Å²) in [4.78, 5) is 11.4. The topological polar surface area (TPSA) is 17.1 Å². The molecule has 44 valence electrons. The molecule has 0 aliphatic rings. The van der Waals surface area contributed by atoms with Crippen LogP contribution in [-0.4, -0.2) is 2.59 Å². The van der Waals surface area contributed by atoms with Crippen LogP contribution in [0.3, 0.4) is 0 Å². The minimum absolute atomic E-state index is 0.206. The zero-order valence-corrected chi connectivity index (χ0v) is 8.84. The van der Waals surface area contributed by atoms with Crippen molar-refractivity contribution in [1.29, 1.82) is 0 Å². The molecule has 0 saturated carbocycles. The van der Waals surface area contributed by atoms with Gasteiger partial charge in [0, 0.05) is 0 Å². The second kappa shape index (κ2) is 3.24. The minimum atomic E-state index is 0.206. The van der Waals surface area contributed by atoms with Crippen molar-refractivity contribution >= 4 is 25.5 Å². The molecule has 1 rings (SSSR count). The van der Waals surface area contributed by atoms with Crippen LogP contribution < -0.4 is 0 Å². The third-order valence-corrected chi connectivity index (χ3v) is 3.34. The zero-order valence-electron chi connectivity index (χ0n) is 4.43. The molecule has 0 aromatic carbocycles. The SMILES string of the molecule is O=[C]([Y])c1ccc(Cl)s1. The van der Waals surface area contributed by atoms with Crippen molar-refractivity contribution in [2.45, 2.75) is 0 Å². The van der Waals surface area contributed by atoms with Crippen LogP contribution >= 0.6 is 22.9 Å². The standard InChI is InChI=1S/C5H2ClOS.Y/c6-5-2-1-4(3-7)8-5;/h1-2H;. The molecule has 0 saturated heterocycles. The van der Waals surface area contributed by atoms with Crippen molar-refractivity contribution in [2.24, 2.45) is 0 Å². The van der Waals surface area contributed by atoms with Crippen LogP contribution in [0.25, 0.3) is 0 Å². The number of hydrogen-bond acceptors (Lipinski definition) is 2. The number of thiophene rings is 1. The predicted molar refractivity (Wildman–Crippen MR) is 33.7 cm³/mol. The second-order valence-electron chi connectivity index (χ2n) is 1.47. The molecule has 9 heavy (non-hydrogen) atoms. The Kier molecular flexibility index (Phi) is 2.83. The molecule has 1 nitrogen and oxygen atoms in total. The summed E-state index contributed by atoms with van der Waals surface area (Å²) >= 11 is 7.57. The van der Waals surface area contributed by atoms with Gasteiger partial charge in [-0.3, -0.25) is 0 Å². The van der Waals surface area contributed by atoms with Crippen LogP contribution in [0.2, 0.25) is 4.34 Å². The van der Waals surface area contributed by atoms with Gasteiger partial charge in [-0.2, -0.15) is 0 Å². The van der Waals surface area contributed by atoms with Gasteiger partial charge in [0.1, 0.15) is 0 Å². The average Bonchev–Trinajstić information content (AvgIpc) is 2.14. The second-order valence-corrected chi connectivity index (χ2v) is 4.47. The molecule has 0 atom stereocenters. The fourth-order valence-corrected chi connectivity index (χ4v) is 2.01. The summed E-state index contributed by atoms with van der Waals surface area (Å²) in [6.07, 6.45) is 0. The Bertz CT molecular complexity index is 233. The summed E-state index contributed by atoms with van der Waals surface area (Å²) in [7, 11) is 0. The molecule has 0 N–H and O–H groups in total. The summed E-state index contributed by atoms with van der Waals surface area (Å²) in [5.41, 5.74) is 0. The number of halogens is 1. The van der Waals surface area contributed by atoms with E-state index in [1.54, 1.807) is 12.1 Å². The first-order chi connectivity index (χ1) is 4.20. The monoisotopic (exact) mass is 234 g/mol. The molecule has 1 heterocycles. The van der Waals surface area contributed by atoms with Gasteiger partial charge < -0.3 is 0 Å². The van der Waals surface area contributed by atoms with E-state index < -0.39 is 0 Å². The van der Waals surface area contributed by atoms with Gasteiger partial charge in [0.25, 0.3) is 0 Å². The van der Waals surface area contributed by atoms with Gasteiger partial charge in [-0.05, 0) is 0 Å². The van der Waals surface area contributed by atoms with Gasteiger partial charge in [0.05, 0.1) is 0 Å². The van der Waals surface area contributed by atoms with E-state index in [-0.39, 0.29) is 2.59 Å². The Hall–Kier alpha value is 0.764. The van der Waals surface area contributed by atoms with Crippen molar-refractivity contribution in [2.75, 3.05) is 0 Å². The van der Waals surface area contributed by atoms with E-state index in [0.717, 1.165) is 4.88 Å². The van der Waals surface area contributed by atoms with Gasteiger partial charge in [-0.15, -0.1) is 0 Å². The van der Waals surface area contributed by atoms with Crippen LogP contribution in [0.15, 0.2) is 12.1 Å². The molecule has 0 bridgehead atoms. The van der Waals surface area contributed by atoms with E-state index in [0.29, 0.717) is 35.3 Å². The van der Waals surface area contributed by atoms with E-state index in [4.69, 9.17) is 11.6 Å². The Morgan fingerprint density at radius 3 is 2.56 bits per heavy atom.